The van der Waals surface area contributed by atoms with Gasteiger partial charge >= 0.3 is 7.82 Å². The van der Waals surface area contributed by atoms with Crippen LogP contribution in [0.4, 0.5) is 0 Å². The molecule has 1 aromatic heterocycles. The highest BCUT2D eigenvalue weighted by atomic mass is 32.1. The number of phosphoric acid groups is 1. The number of carbonyl (C=O) groups excluding carboxylic acids is 1. The highest BCUT2D eigenvalue weighted by Gasteiger charge is 2.46. The van der Waals surface area contributed by atoms with Crippen LogP contribution in [-0.4, -0.2) is 40.2 Å². The van der Waals surface area contributed by atoms with Crippen molar-refractivity contribution in [2.24, 2.45) is 11.3 Å². The molecule has 2 aliphatic heterocycles. The molecule has 1 aliphatic carbocycles. The van der Waals surface area contributed by atoms with E-state index >= 15 is 0 Å². The summed E-state index contributed by atoms with van der Waals surface area (Å²) in [7, 11) is -4.29. The molecule has 3 aliphatic rings. The number of allylic oxidation sites excluding steroid dienone is 1. The molecular formula is C34H45N2O6PS. The van der Waals surface area contributed by atoms with Crippen LogP contribution < -0.4 is 5.32 Å². The fraction of sp³-hybridized carbons (Fsp3) is 0.500. The van der Waals surface area contributed by atoms with Gasteiger partial charge in [0.2, 0.25) is 0 Å². The Bertz CT molecular complexity index is 1530. The van der Waals surface area contributed by atoms with Gasteiger partial charge in [-0.25, -0.2) is 4.57 Å². The van der Waals surface area contributed by atoms with E-state index in [2.05, 4.69) is 69.9 Å². The van der Waals surface area contributed by atoms with Gasteiger partial charge in [-0.3, -0.25) is 13.8 Å². The Morgan fingerprint density at radius 1 is 1.14 bits per heavy atom. The predicted octanol–water partition coefficient (Wildman–Crippen LogP) is 8.16. The van der Waals surface area contributed by atoms with Gasteiger partial charge in [-0.1, -0.05) is 57.7 Å². The highest BCUT2D eigenvalue weighted by Crippen LogP contribution is 2.50. The zero-order valence-electron chi connectivity index (χ0n) is 26.8. The average Bonchev–Trinajstić information content (AvgIpc) is 3.65. The fourth-order valence-corrected chi connectivity index (χ4v) is 8.51. The van der Waals surface area contributed by atoms with Gasteiger partial charge in [-0.05, 0) is 93.1 Å². The molecule has 10 heteroatoms. The molecule has 0 saturated carbocycles. The fourth-order valence-electron chi connectivity index (χ4n) is 6.38. The summed E-state index contributed by atoms with van der Waals surface area (Å²) >= 11 is 1.78. The first-order chi connectivity index (χ1) is 20.5. The number of aryl methyl sites for hydroxylation is 1. The zero-order valence-corrected chi connectivity index (χ0v) is 28.5. The zero-order chi connectivity index (χ0) is 32.0. The molecule has 1 aromatic carbocycles. The van der Waals surface area contributed by atoms with E-state index in [0.29, 0.717) is 17.8 Å². The Hall–Kier alpha value is -2.52. The summed E-state index contributed by atoms with van der Waals surface area (Å²) in [6.45, 7) is 17.7. The molecule has 0 radical (unpaired) electrons. The molecule has 1 amide bonds. The molecule has 0 bridgehead atoms. The highest BCUT2D eigenvalue weighted by molar-refractivity contribution is 7.47. The number of benzene rings is 1. The lowest BCUT2D eigenvalue weighted by atomic mass is 9.76. The summed E-state index contributed by atoms with van der Waals surface area (Å²) < 4.78 is 29.8. The largest absolute Gasteiger partial charge is 0.472 e. The van der Waals surface area contributed by atoms with Crippen LogP contribution >= 0.6 is 19.2 Å². The molecule has 1 fully saturated rings. The molecule has 2 N–H and O–H groups in total. The second kappa shape index (κ2) is 12.3. The monoisotopic (exact) mass is 640 g/mol. The lowest BCUT2D eigenvalue weighted by Crippen LogP contribution is -2.43. The van der Waals surface area contributed by atoms with Crippen molar-refractivity contribution >= 4 is 30.6 Å². The number of hydrogen-bond donors (Lipinski definition) is 2. The van der Waals surface area contributed by atoms with Crippen molar-refractivity contribution in [1.82, 2.24) is 10.2 Å². The van der Waals surface area contributed by atoms with Gasteiger partial charge in [-0.15, -0.1) is 11.3 Å². The maximum Gasteiger partial charge on any atom is 0.472 e. The number of nitrogens with zero attached hydrogens (tertiary/aromatic N) is 1. The van der Waals surface area contributed by atoms with Crippen LogP contribution in [0.1, 0.15) is 77.7 Å². The lowest BCUT2D eigenvalue weighted by molar-refractivity contribution is -0.118. The number of rotatable bonds is 8. The van der Waals surface area contributed by atoms with E-state index in [4.69, 9.17) is 13.8 Å². The molecule has 1 saturated heterocycles. The smallest absolute Gasteiger partial charge is 0.352 e. The van der Waals surface area contributed by atoms with Crippen molar-refractivity contribution in [3.05, 3.63) is 76.6 Å². The number of carbonyl (C=O) groups is 1. The van der Waals surface area contributed by atoms with Crippen molar-refractivity contribution in [3.8, 4) is 10.4 Å². The molecule has 8 nitrogen and oxygen atoms in total. The van der Waals surface area contributed by atoms with Gasteiger partial charge in [0.1, 0.15) is 12.0 Å². The predicted molar refractivity (Wildman–Crippen MR) is 175 cm³/mol. The minimum atomic E-state index is -4.29. The Kier molecular flexibility index (Phi) is 9.22. The van der Waals surface area contributed by atoms with E-state index in [1.54, 1.807) is 32.1 Å². The summed E-state index contributed by atoms with van der Waals surface area (Å²) in [5.74, 6) is 0.290. The van der Waals surface area contributed by atoms with E-state index in [-0.39, 0.29) is 23.8 Å². The Labute approximate surface area is 265 Å². The third kappa shape index (κ3) is 7.30. The number of amides is 1. The first kappa shape index (κ1) is 32.9. The summed E-state index contributed by atoms with van der Waals surface area (Å²) in [4.78, 5) is 28.1. The van der Waals surface area contributed by atoms with Crippen LogP contribution in [0.2, 0.25) is 0 Å². The van der Waals surface area contributed by atoms with Crippen LogP contribution in [0.15, 0.2) is 66.1 Å². The quantitative estimate of drug-likeness (QED) is 0.281. The van der Waals surface area contributed by atoms with Crippen LogP contribution in [0, 0.1) is 18.3 Å². The van der Waals surface area contributed by atoms with Gasteiger partial charge in [0.15, 0.2) is 0 Å². The molecule has 0 spiro atoms. The molecule has 4 atom stereocenters. The second-order valence-electron chi connectivity index (χ2n) is 13.9. The maximum absolute atomic E-state index is 13.4. The number of nitrogens with one attached hydrogen (secondary N) is 1. The van der Waals surface area contributed by atoms with Gasteiger partial charge in [0.25, 0.3) is 5.91 Å². The van der Waals surface area contributed by atoms with Crippen LogP contribution in [0.5, 0.6) is 0 Å². The van der Waals surface area contributed by atoms with Gasteiger partial charge in [0, 0.05) is 16.0 Å². The van der Waals surface area contributed by atoms with Crippen molar-refractivity contribution < 1.29 is 28.0 Å². The second-order valence-corrected chi connectivity index (χ2v) is 16.5. The van der Waals surface area contributed by atoms with Crippen molar-refractivity contribution in [3.63, 3.8) is 0 Å². The minimum Gasteiger partial charge on any atom is -0.352 e. The summed E-state index contributed by atoms with van der Waals surface area (Å²) in [6, 6.07) is 12.6. The third-order valence-electron chi connectivity index (χ3n) is 8.38. The lowest BCUT2D eigenvalue weighted by Gasteiger charge is -2.34. The molecular weight excluding hydrogens is 595 g/mol. The Balaban J connectivity index is 1.42. The van der Waals surface area contributed by atoms with Crippen LogP contribution in [-0.2, 0) is 23.1 Å². The van der Waals surface area contributed by atoms with Crippen LogP contribution in [0.3, 0.4) is 0 Å². The van der Waals surface area contributed by atoms with Gasteiger partial charge in [-0.2, -0.15) is 0 Å². The summed E-state index contributed by atoms with van der Waals surface area (Å²) in [5.41, 5.74) is 4.30. The summed E-state index contributed by atoms with van der Waals surface area (Å²) in [5, 5.41) is 2.98. The first-order valence-electron chi connectivity index (χ1n) is 15.2. The van der Waals surface area contributed by atoms with E-state index in [1.807, 2.05) is 17.2 Å². The molecule has 44 heavy (non-hydrogen) atoms. The van der Waals surface area contributed by atoms with E-state index in [9.17, 15) is 14.3 Å². The normalized spacial score (nSPS) is 24.5. The topological polar surface area (TPSA) is 97.3 Å². The van der Waals surface area contributed by atoms with Gasteiger partial charge in [0.05, 0.1) is 23.9 Å². The van der Waals surface area contributed by atoms with Crippen molar-refractivity contribution in [2.45, 2.75) is 92.1 Å². The molecule has 238 valence electrons. The molecule has 2 aromatic rings. The standard InChI is InChI=1S/C34H45N2O6PS/c1-21-26(17-30(44-21)23-13-10-9-11-14-23)24-15-12-16-25(24)27-19-36(22(2)35-32(27)37)31-18-28(33(3,4)5)29(41-31)20-40-43(38,39)42-34(6,7)8/h9-11,13-14,17,19,28-29,31H,2,12,15-16,18,20H2,1,3-8H3,(H,35,37)(H,38,39)/t28?,29-,31-/m1/s1. The van der Waals surface area contributed by atoms with E-state index < -0.39 is 25.8 Å². The average molecular weight is 641 g/mol. The Morgan fingerprint density at radius 2 is 1.82 bits per heavy atom. The number of thiophene rings is 1. The molecule has 2 unspecified atom stereocenters. The molecule has 5 rings (SSSR count). The SMILES string of the molecule is C=C1NC(=O)C(C2=C(c3cc(-c4ccccc4)sc3C)CCC2)=CN1[C@H]1CC(C(C)(C)C)[C@@H](COP(=O)(O)OC(C)(C)C)O1. The number of phosphoric ester groups is 1. The third-order valence-corrected chi connectivity index (χ3v) is 10.7. The number of hydrogen-bond acceptors (Lipinski definition) is 7. The van der Waals surface area contributed by atoms with Crippen molar-refractivity contribution in [1.29, 1.82) is 0 Å². The summed E-state index contributed by atoms with van der Waals surface area (Å²) in [6.07, 6.45) is 4.33. The number of ether oxygens (including phenoxy) is 1. The maximum atomic E-state index is 13.4. The van der Waals surface area contributed by atoms with E-state index in [0.717, 1.165) is 24.8 Å². The van der Waals surface area contributed by atoms with Gasteiger partial charge < -0.3 is 19.8 Å². The van der Waals surface area contributed by atoms with Crippen LogP contribution in [0.25, 0.3) is 16.0 Å². The van der Waals surface area contributed by atoms with Crippen molar-refractivity contribution in [2.75, 3.05) is 6.61 Å². The van der Waals surface area contributed by atoms with E-state index in [1.165, 1.54) is 26.5 Å². The first-order valence-corrected chi connectivity index (χ1v) is 17.6. The minimum absolute atomic E-state index is 0.00975. The molecule has 3 heterocycles. The Morgan fingerprint density at radius 3 is 2.48 bits per heavy atom.